The molecule has 1 amide bonds. The Labute approximate surface area is 193 Å². The van der Waals surface area contributed by atoms with Gasteiger partial charge in [-0.1, -0.05) is 0 Å². The Balaban J connectivity index is 0.00000289. The molecule has 3 aromatic rings. The van der Waals surface area contributed by atoms with Crippen LogP contribution in [0, 0.1) is 0 Å². The number of piperidine rings is 1. The van der Waals surface area contributed by atoms with E-state index in [1.165, 1.54) is 0 Å². The van der Waals surface area contributed by atoms with Gasteiger partial charge in [-0.2, -0.15) is 0 Å². The molecule has 1 aliphatic rings. The third kappa shape index (κ3) is 5.20. The number of aromatic nitrogens is 3. The molecule has 4 rings (SSSR count). The van der Waals surface area contributed by atoms with E-state index in [2.05, 4.69) is 10.1 Å². The van der Waals surface area contributed by atoms with Gasteiger partial charge in [0.15, 0.2) is 5.82 Å². The maximum atomic E-state index is 13.0. The van der Waals surface area contributed by atoms with Crippen molar-refractivity contribution in [2.24, 2.45) is 5.73 Å². The standard InChI is InChI=1S/C23H27N5O3.ClH/c1-30-19-11-7-18(8-12-19)28-22(17-5-9-20(10-6-17)31-16-13-24)25-21(26-28)23(29)27-14-3-2-4-15-27;/h5-12H,2-4,13-16,24H2,1H3;1H. The first kappa shape index (κ1) is 23.6. The molecule has 170 valence electrons. The van der Waals surface area contributed by atoms with Gasteiger partial charge in [-0.25, -0.2) is 9.67 Å². The number of carbonyl (C=O) groups excluding carboxylic acids is 1. The van der Waals surface area contributed by atoms with Gasteiger partial charge in [-0.15, -0.1) is 17.5 Å². The molecule has 0 unspecified atom stereocenters. The van der Waals surface area contributed by atoms with E-state index in [9.17, 15) is 4.79 Å². The average molecular weight is 458 g/mol. The summed E-state index contributed by atoms with van der Waals surface area (Å²) in [6.45, 7) is 2.40. The normalized spacial score (nSPS) is 13.4. The molecule has 2 aromatic carbocycles. The Morgan fingerprint density at radius 3 is 2.28 bits per heavy atom. The number of halogens is 1. The minimum atomic E-state index is -0.129. The molecular formula is C23H28ClN5O3. The molecule has 1 aromatic heterocycles. The van der Waals surface area contributed by atoms with Crippen LogP contribution < -0.4 is 15.2 Å². The molecule has 0 radical (unpaired) electrons. The number of nitrogens with zero attached hydrogens (tertiary/aromatic N) is 4. The van der Waals surface area contributed by atoms with Crippen molar-refractivity contribution in [3.63, 3.8) is 0 Å². The number of carbonyl (C=O) groups is 1. The number of methoxy groups -OCH3 is 1. The van der Waals surface area contributed by atoms with E-state index in [1.807, 2.05) is 53.4 Å². The molecule has 0 spiro atoms. The summed E-state index contributed by atoms with van der Waals surface area (Å²) >= 11 is 0. The second-order valence-corrected chi connectivity index (χ2v) is 7.38. The zero-order chi connectivity index (χ0) is 21.6. The fraction of sp³-hybridized carbons (Fsp3) is 0.348. The number of nitrogens with two attached hydrogens (primary N) is 1. The minimum Gasteiger partial charge on any atom is -0.497 e. The number of amides is 1. The molecule has 2 heterocycles. The molecular weight excluding hydrogens is 430 g/mol. The van der Waals surface area contributed by atoms with Gasteiger partial charge in [0.2, 0.25) is 5.82 Å². The summed E-state index contributed by atoms with van der Waals surface area (Å²) in [5.74, 6) is 2.15. The van der Waals surface area contributed by atoms with Gasteiger partial charge in [-0.05, 0) is 67.8 Å². The summed E-state index contributed by atoms with van der Waals surface area (Å²) in [6, 6.07) is 15.0. The van der Waals surface area contributed by atoms with Crippen molar-refractivity contribution in [2.45, 2.75) is 19.3 Å². The van der Waals surface area contributed by atoms with E-state index in [4.69, 9.17) is 15.2 Å². The molecule has 9 heteroatoms. The summed E-state index contributed by atoms with van der Waals surface area (Å²) in [4.78, 5) is 19.5. The lowest BCUT2D eigenvalue weighted by Gasteiger charge is -2.25. The van der Waals surface area contributed by atoms with Crippen LogP contribution in [0.3, 0.4) is 0 Å². The SMILES string of the molecule is COc1ccc(-n2nc(C(=O)N3CCCCC3)nc2-c2ccc(OCCN)cc2)cc1.Cl. The Hall–Kier alpha value is -3.10. The lowest BCUT2D eigenvalue weighted by molar-refractivity contribution is 0.0712. The van der Waals surface area contributed by atoms with E-state index in [0.717, 1.165) is 55.1 Å². The number of ether oxygens (including phenoxy) is 2. The third-order valence-electron chi connectivity index (χ3n) is 5.26. The fourth-order valence-electron chi connectivity index (χ4n) is 3.61. The van der Waals surface area contributed by atoms with Gasteiger partial charge >= 0.3 is 0 Å². The van der Waals surface area contributed by atoms with Crippen molar-refractivity contribution in [3.8, 4) is 28.6 Å². The topological polar surface area (TPSA) is 95.5 Å². The number of hydrogen-bond acceptors (Lipinski definition) is 6. The Kier molecular flexibility index (Phi) is 8.08. The molecule has 1 fully saturated rings. The fourth-order valence-corrected chi connectivity index (χ4v) is 3.61. The molecule has 1 saturated heterocycles. The number of hydrogen-bond donors (Lipinski definition) is 1. The van der Waals surface area contributed by atoms with E-state index in [-0.39, 0.29) is 24.1 Å². The lowest BCUT2D eigenvalue weighted by Crippen LogP contribution is -2.36. The van der Waals surface area contributed by atoms with Crippen molar-refractivity contribution < 1.29 is 14.3 Å². The highest BCUT2D eigenvalue weighted by Gasteiger charge is 2.24. The summed E-state index contributed by atoms with van der Waals surface area (Å²) in [7, 11) is 1.62. The van der Waals surface area contributed by atoms with Crippen LogP contribution in [0.2, 0.25) is 0 Å². The molecule has 8 nitrogen and oxygen atoms in total. The monoisotopic (exact) mass is 457 g/mol. The molecule has 0 bridgehead atoms. The zero-order valence-corrected chi connectivity index (χ0v) is 18.9. The highest BCUT2D eigenvalue weighted by Crippen LogP contribution is 2.25. The van der Waals surface area contributed by atoms with Crippen LogP contribution in [-0.2, 0) is 0 Å². The van der Waals surface area contributed by atoms with Crippen LogP contribution >= 0.6 is 12.4 Å². The minimum absolute atomic E-state index is 0. The predicted molar refractivity (Wildman–Crippen MR) is 125 cm³/mol. The Morgan fingerprint density at radius 1 is 1.00 bits per heavy atom. The summed E-state index contributed by atoms with van der Waals surface area (Å²) in [5, 5.41) is 4.59. The molecule has 32 heavy (non-hydrogen) atoms. The van der Waals surface area contributed by atoms with E-state index >= 15 is 0 Å². The predicted octanol–water partition coefficient (Wildman–Crippen LogP) is 3.33. The molecule has 1 aliphatic heterocycles. The first-order valence-corrected chi connectivity index (χ1v) is 10.5. The second kappa shape index (κ2) is 11.0. The first-order valence-electron chi connectivity index (χ1n) is 10.5. The van der Waals surface area contributed by atoms with Crippen LogP contribution in [-0.4, -0.2) is 58.9 Å². The molecule has 0 aliphatic carbocycles. The van der Waals surface area contributed by atoms with Crippen molar-refractivity contribution >= 4 is 18.3 Å². The van der Waals surface area contributed by atoms with Gasteiger partial charge in [-0.3, -0.25) is 4.79 Å². The van der Waals surface area contributed by atoms with Crippen LogP contribution in [0.4, 0.5) is 0 Å². The van der Waals surface area contributed by atoms with Crippen molar-refractivity contribution in [1.82, 2.24) is 19.7 Å². The Morgan fingerprint density at radius 2 is 1.66 bits per heavy atom. The van der Waals surface area contributed by atoms with Gasteiger partial charge in [0.1, 0.15) is 18.1 Å². The van der Waals surface area contributed by atoms with Gasteiger partial charge in [0.05, 0.1) is 12.8 Å². The Bertz CT molecular complexity index is 1020. The van der Waals surface area contributed by atoms with Crippen molar-refractivity contribution in [1.29, 1.82) is 0 Å². The van der Waals surface area contributed by atoms with Crippen LogP contribution in [0.15, 0.2) is 48.5 Å². The van der Waals surface area contributed by atoms with E-state index in [1.54, 1.807) is 11.8 Å². The van der Waals surface area contributed by atoms with E-state index in [0.29, 0.717) is 19.0 Å². The van der Waals surface area contributed by atoms with Crippen molar-refractivity contribution in [3.05, 3.63) is 54.4 Å². The largest absolute Gasteiger partial charge is 0.497 e. The number of likely N-dealkylation sites (tertiary alicyclic amines) is 1. The van der Waals surface area contributed by atoms with Gasteiger partial charge in [0.25, 0.3) is 5.91 Å². The van der Waals surface area contributed by atoms with Crippen molar-refractivity contribution in [2.75, 3.05) is 33.4 Å². The smallest absolute Gasteiger partial charge is 0.293 e. The van der Waals surface area contributed by atoms with Crippen LogP contribution in [0.5, 0.6) is 11.5 Å². The molecule has 2 N–H and O–H groups in total. The quantitative estimate of drug-likeness (QED) is 0.584. The lowest BCUT2D eigenvalue weighted by atomic mass is 10.1. The molecule has 0 atom stereocenters. The summed E-state index contributed by atoms with van der Waals surface area (Å²) in [6.07, 6.45) is 3.19. The maximum absolute atomic E-state index is 13.0. The van der Waals surface area contributed by atoms with Crippen LogP contribution in [0.1, 0.15) is 29.9 Å². The van der Waals surface area contributed by atoms with E-state index < -0.39 is 0 Å². The van der Waals surface area contributed by atoms with Crippen LogP contribution in [0.25, 0.3) is 17.1 Å². The number of benzene rings is 2. The average Bonchev–Trinajstić information content (AvgIpc) is 3.28. The third-order valence-corrected chi connectivity index (χ3v) is 5.26. The highest BCUT2D eigenvalue weighted by molar-refractivity contribution is 5.91. The summed E-state index contributed by atoms with van der Waals surface area (Å²) in [5.41, 5.74) is 7.13. The highest BCUT2D eigenvalue weighted by atomic mass is 35.5. The second-order valence-electron chi connectivity index (χ2n) is 7.38. The summed E-state index contributed by atoms with van der Waals surface area (Å²) < 4.78 is 12.5. The maximum Gasteiger partial charge on any atom is 0.293 e. The zero-order valence-electron chi connectivity index (χ0n) is 18.1. The van der Waals surface area contributed by atoms with Gasteiger partial charge < -0.3 is 20.1 Å². The molecule has 0 saturated carbocycles. The first-order chi connectivity index (χ1) is 15.2. The van der Waals surface area contributed by atoms with Gasteiger partial charge in [0, 0.05) is 25.2 Å². The number of rotatable bonds is 7.